The van der Waals surface area contributed by atoms with Crippen molar-refractivity contribution in [1.29, 1.82) is 0 Å². The van der Waals surface area contributed by atoms with Crippen molar-refractivity contribution in [3.05, 3.63) is 29.3 Å². The first kappa shape index (κ1) is 26.9. The topological polar surface area (TPSA) is 67.4 Å². The highest BCUT2D eigenvalue weighted by Gasteiger charge is 2.34. The number of ether oxygens (including phenoxy) is 3. The number of hydrogen-bond donors (Lipinski definition) is 2. The van der Waals surface area contributed by atoms with E-state index in [-0.39, 0.29) is 29.5 Å². The SMILES string of the molecule is CCNC(=NCc1ccc(C)cc1OCCOC)NCC1(N(C)C)CCOCC1.I. The van der Waals surface area contributed by atoms with Gasteiger partial charge < -0.3 is 29.7 Å². The van der Waals surface area contributed by atoms with Crippen LogP contribution in [0.2, 0.25) is 0 Å². The fourth-order valence-electron chi connectivity index (χ4n) is 3.45. The summed E-state index contributed by atoms with van der Waals surface area (Å²) in [7, 11) is 5.97. The Morgan fingerprint density at radius 2 is 1.93 bits per heavy atom. The molecule has 1 aliphatic heterocycles. The summed E-state index contributed by atoms with van der Waals surface area (Å²) >= 11 is 0. The Morgan fingerprint density at radius 1 is 1.20 bits per heavy atom. The van der Waals surface area contributed by atoms with Crippen LogP contribution in [0.3, 0.4) is 0 Å². The van der Waals surface area contributed by atoms with E-state index >= 15 is 0 Å². The Bertz CT molecular complexity index is 649. The molecule has 1 fully saturated rings. The molecule has 1 saturated heterocycles. The second-order valence-electron chi connectivity index (χ2n) is 7.73. The molecule has 1 aliphatic rings. The molecular formula is C22H39IN4O3. The highest BCUT2D eigenvalue weighted by molar-refractivity contribution is 14.0. The van der Waals surface area contributed by atoms with Gasteiger partial charge in [0.1, 0.15) is 12.4 Å². The van der Waals surface area contributed by atoms with Gasteiger partial charge in [0.2, 0.25) is 0 Å². The largest absolute Gasteiger partial charge is 0.491 e. The summed E-state index contributed by atoms with van der Waals surface area (Å²) in [6.45, 7) is 9.05. The molecule has 2 rings (SSSR count). The molecule has 0 saturated carbocycles. The second kappa shape index (κ2) is 14.1. The standard InChI is InChI=1S/C22H38N4O3.HI/c1-6-23-21(25-17-22(26(3)4)9-11-28-12-10-22)24-16-19-8-7-18(2)15-20(19)29-14-13-27-5;/h7-8,15H,6,9-14,16-17H2,1-5H3,(H2,23,24,25);1H. The van der Waals surface area contributed by atoms with Crippen molar-refractivity contribution in [2.75, 3.05) is 60.7 Å². The molecule has 2 N–H and O–H groups in total. The van der Waals surface area contributed by atoms with Crippen LogP contribution < -0.4 is 15.4 Å². The van der Waals surface area contributed by atoms with Gasteiger partial charge in [-0.15, -0.1) is 24.0 Å². The van der Waals surface area contributed by atoms with Crippen molar-refractivity contribution in [2.45, 2.75) is 38.8 Å². The molecule has 0 amide bonds. The molecule has 172 valence electrons. The number of rotatable bonds is 10. The van der Waals surface area contributed by atoms with Gasteiger partial charge in [0.05, 0.1) is 13.2 Å². The smallest absolute Gasteiger partial charge is 0.191 e. The van der Waals surface area contributed by atoms with E-state index < -0.39 is 0 Å². The molecule has 0 aliphatic carbocycles. The van der Waals surface area contributed by atoms with E-state index in [1.807, 2.05) is 0 Å². The summed E-state index contributed by atoms with van der Waals surface area (Å²) in [4.78, 5) is 7.12. The third kappa shape index (κ3) is 8.20. The summed E-state index contributed by atoms with van der Waals surface area (Å²) in [6.07, 6.45) is 2.03. The van der Waals surface area contributed by atoms with Crippen molar-refractivity contribution in [3.63, 3.8) is 0 Å². The van der Waals surface area contributed by atoms with E-state index in [0.717, 1.165) is 56.4 Å². The molecule has 8 heteroatoms. The van der Waals surface area contributed by atoms with Gasteiger partial charge in [-0.25, -0.2) is 4.99 Å². The minimum absolute atomic E-state index is 0. The highest BCUT2D eigenvalue weighted by Crippen LogP contribution is 2.25. The van der Waals surface area contributed by atoms with Gasteiger partial charge in [0.25, 0.3) is 0 Å². The molecule has 30 heavy (non-hydrogen) atoms. The lowest BCUT2D eigenvalue weighted by Gasteiger charge is -2.43. The van der Waals surface area contributed by atoms with E-state index in [4.69, 9.17) is 19.2 Å². The number of nitrogens with one attached hydrogen (secondary N) is 2. The number of guanidine groups is 1. The minimum Gasteiger partial charge on any atom is -0.491 e. The van der Waals surface area contributed by atoms with Crippen LogP contribution >= 0.6 is 24.0 Å². The Morgan fingerprint density at radius 3 is 2.57 bits per heavy atom. The van der Waals surface area contributed by atoms with Crippen molar-refractivity contribution in [2.24, 2.45) is 4.99 Å². The molecule has 1 aromatic carbocycles. The van der Waals surface area contributed by atoms with Gasteiger partial charge in [-0.3, -0.25) is 0 Å². The fraction of sp³-hybridized carbons (Fsp3) is 0.682. The first-order chi connectivity index (χ1) is 14.0. The summed E-state index contributed by atoms with van der Waals surface area (Å²) in [5, 5.41) is 6.91. The van der Waals surface area contributed by atoms with Crippen LogP contribution in [0, 0.1) is 6.92 Å². The Labute approximate surface area is 199 Å². The van der Waals surface area contributed by atoms with Crippen LogP contribution in [0.1, 0.15) is 30.9 Å². The van der Waals surface area contributed by atoms with Crippen LogP contribution in [0.5, 0.6) is 5.75 Å². The molecular weight excluding hydrogens is 495 g/mol. The molecule has 7 nitrogen and oxygen atoms in total. The first-order valence-electron chi connectivity index (χ1n) is 10.5. The van der Waals surface area contributed by atoms with Crippen LogP contribution in [0.4, 0.5) is 0 Å². The predicted molar refractivity (Wildman–Crippen MR) is 133 cm³/mol. The maximum Gasteiger partial charge on any atom is 0.191 e. The monoisotopic (exact) mass is 534 g/mol. The van der Waals surface area contributed by atoms with Gasteiger partial charge in [-0.05, 0) is 52.4 Å². The van der Waals surface area contributed by atoms with Gasteiger partial charge in [0.15, 0.2) is 5.96 Å². The highest BCUT2D eigenvalue weighted by atomic mass is 127. The molecule has 1 heterocycles. The molecule has 0 atom stereocenters. The van der Waals surface area contributed by atoms with Crippen LogP contribution in [-0.4, -0.2) is 77.1 Å². The summed E-state index contributed by atoms with van der Waals surface area (Å²) < 4.78 is 16.6. The summed E-state index contributed by atoms with van der Waals surface area (Å²) in [5.41, 5.74) is 2.33. The molecule has 1 aromatic rings. The number of aryl methyl sites for hydroxylation is 1. The van der Waals surface area contributed by atoms with E-state index in [1.165, 1.54) is 5.56 Å². The lowest BCUT2D eigenvalue weighted by molar-refractivity contribution is -0.00501. The predicted octanol–water partition coefficient (Wildman–Crippen LogP) is 2.80. The maximum atomic E-state index is 5.90. The fourth-order valence-corrected chi connectivity index (χ4v) is 3.45. The lowest BCUT2D eigenvalue weighted by Crippen LogP contribution is -2.57. The van der Waals surface area contributed by atoms with Crippen molar-refractivity contribution >= 4 is 29.9 Å². The third-order valence-electron chi connectivity index (χ3n) is 5.48. The molecule has 0 unspecified atom stereocenters. The summed E-state index contributed by atoms with van der Waals surface area (Å²) in [5.74, 6) is 1.69. The number of aliphatic imine (C=N–C) groups is 1. The number of methoxy groups -OCH3 is 1. The molecule has 0 spiro atoms. The van der Waals surface area contributed by atoms with Gasteiger partial charge in [-0.1, -0.05) is 12.1 Å². The van der Waals surface area contributed by atoms with Crippen LogP contribution in [0.15, 0.2) is 23.2 Å². The Hall–Kier alpha value is -1.10. The average Bonchev–Trinajstić information content (AvgIpc) is 2.72. The Balaban J connectivity index is 0.00000450. The van der Waals surface area contributed by atoms with E-state index in [2.05, 4.69) is 61.7 Å². The van der Waals surface area contributed by atoms with E-state index in [9.17, 15) is 0 Å². The molecule has 0 bridgehead atoms. The number of likely N-dealkylation sites (N-methyl/N-ethyl adjacent to an activating group) is 1. The zero-order valence-corrected chi connectivity index (χ0v) is 21.5. The van der Waals surface area contributed by atoms with E-state index in [1.54, 1.807) is 7.11 Å². The normalized spacial score (nSPS) is 16.1. The number of benzene rings is 1. The summed E-state index contributed by atoms with van der Waals surface area (Å²) in [6, 6.07) is 6.24. The van der Waals surface area contributed by atoms with Crippen LogP contribution in [-0.2, 0) is 16.0 Å². The number of halogens is 1. The van der Waals surface area contributed by atoms with Crippen molar-refractivity contribution < 1.29 is 14.2 Å². The van der Waals surface area contributed by atoms with Crippen molar-refractivity contribution in [1.82, 2.24) is 15.5 Å². The first-order valence-corrected chi connectivity index (χ1v) is 10.5. The van der Waals surface area contributed by atoms with Gasteiger partial charge in [-0.2, -0.15) is 0 Å². The van der Waals surface area contributed by atoms with Crippen molar-refractivity contribution in [3.8, 4) is 5.75 Å². The van der Waals surface area contributed by atoms with Gasteiger partial charge >= 0.3 is 0 Å². The average molecular weight is 534 g/mol. The third-order valence-corrected chi connectivity index (χ3v) is 5.48. The number of nitrogens with zero attached hydrogens (tertiary/aromatic N) is 2. The minimum atomic E-state index is 0. The maximum absolute atomic E-state index is 5.90. The lowest BCUT2D eigenvalue weighted by atomic mass is 9.88. The van der Waals surface area contributed by atoms with E-state index in [0.29, 0.717) is 19.8 Å². The molecule has 0 radical (unpaired) electrons. The second-order valence-corrected chi connectivity index (χ2v) is 7.73. The van der Waals surface area contributed by atoms with Crippen LogP contribution in [0.25, 0.3) is 0 Å². The zero-order chi connectivity index (χ0) is 21.1. The molecule has 0 aromatic heterocycles. The quantitative estimate of drug-likeness (QED) is 0.208. The Kier molecular flexibility index (Phi) is 12.6. The zero-order valence-electron chi connectivity index (χ0n) is 19.1. The van der Waals surface area contributed by atoms with Gasteiger partial charge in [0, 0.05) is 44.5 Å². The number of hydrogen-bond acceptors (Lipinski definition) is 5.